The SMILES string of the molecule is O=C(O)CC(Cc1ccccc1)(Cc1ccccc1)C(=O)O. The topological polar surface area (TPSA) is 74.6 Å². The lowest BCUT2D eigenvalue weighted by molar-refractivity contribution is -0.155. The quantitative estimate of drug-likeness (QED) is 0.824. The summed E-state index contributed by atoms with van der Waals surface area (Å²) in [6.07, 6.45) is -0.0408. The Morgan fingerprint density at radius 3 is 1.50 bits per heavy atom. The zero-order chi connectivity index (χ0) is 16.0. The van der Waals surface area contributed by atoms with E-state index >= 15 is 0 Å². The third-order valence-corrected chi connectivity index (χ3v) is 3.71. The van der Waals surface area contributed by atoms with Gasteiger partial charge in [0.1, 0.15) is 0 Å². The maximum absolute atomic E-state index is 11.9. The number of carbonyl (C=O) groups is 2. The van der Waals surface area contributed by atoms with Crippen LogP contribution in [0.3, 0.4) is 0 Å². The molecule has 114 valence electrons. The Labute approximate surface area is 129 Å². The van der Waals surface area contributed by atoms with Crippen molar-refractivity contribution < 1.29 is 19.8 Å². The van der Waals surface area contributed by atoms with E-state index in [1.54, 1.807) is 0 Å². The summed E-state index contributed by atoms with van der Waals surface area (Å²) in [5.74, 6) is -2.18. The minimum Gasteiger partial charge on any atom is -0.481 e. The van der Waals surface area contributed by atoms with Gasteiger partial charge in [0, 0.05) is 0 Å². The summed E-state index contributed by atoms with van der Waals surface area (Å²) in [5.41, 5.74) is 0.290. The average Bonchev–Trinajstić information content (AvgIpc) is 2.48. The van der Waals surface area contributed by atoms with E-state index < -0.39 is 23.8 Å². The number of benzene rings is 2. The van der Waals surface area contributed by atoms with Crippen LogP contribution < -0.4 is 0 Å². The molecule has 0 saturated carbocycles. The Kier molecular flexibility index (Phi) is 4.94. The Morgan fingerprint density at radius 1 is 0.773 bits per heavy atom. The molecule has 2 N–H and O–H groups in total. The first kappa shape index (κ1) is 15.8. The van der Waals surface area contributed by atoms with Crippen LogP contribution in [0.1, 0.15) is 17.5 Å². The number of hydrogen-bond acceptors (Lipinski definition) is 2. The van der Waals surface area contributed by atoms with Crippen LogP contribution in [-0.4, -0.2) is 22.2 Å². The van der Waals surface area contributed by atoms with Gasteiger partial charge >= 0.3 is 11.9 Å². The molecule has 0 aliphatic heterocycles. The smallest absolute Gasteiger partial charge is 0.310 e. The highest BCUT2D eigenvalue weighted by Gasteiger charge is 2.41. The molecule has 0 spiro atoms. The Morgan fingerprint density at radius 2 is 1.18 bits per heavy atom. The van der Waals surface area contributed by atoms with Gasteiger partial charge in [-0.2, -0.15) is 0 Å². The van der Waals surface area contributed by atoms with Crippen molar-refractivity contribution in [1.29, 1.82) is 0 Å². The first-order valence-corrected chi connectivity index (χ1v) is 7.05. The van der Waals surface area contributed by atoms with E-state index in [0.717, 1.165) is 11.1 Å². The molecule has 22 heavy (non-hydrogen) atoms. The molecule has 4 heteroatoms. The van der Waals surface area contributed by atoms with Crippen LogP contribution in [0.5, 0.6) is 0 Å². The maximum Gasteiger partial charge on any atom is 0.310 e. The average molecular weight is 298 g/mol. The van der Waals surface area contributed by atoms with Crippen molar-refractivity contribution in [3.63, 3.8) is 0 Å². The summed E-state index contributed by atoms with van der Waals surface area (Å²) >= 11 is 0. The molecule has 2 aromatic carbocycles. The van der Waals surface area contributed by atoms with Crippen LogP contribution >= 0.6 is 0 Å². The zero-order valence-electron chi connectivity index (χ0n) is 12.1. The van der Waals surface area contributed by atoms with Gasteiger partial charge in [0.25, 0.3) is 0 Å². The molecule has 0 fully saturated rings. The van der Waals surface area contributed by atoms with Gasteiger partial charge in [-0.05, 0) is 24.0 Å². The molecular formula is C18H18O4. The van der Waals surface area contributed by atoms with Crippen molar-refractivity contribution in [2.75, 3.05) is 0 Å². The van der Waals surface area contributed by atoms with E-state index in [9.17, 15) is 19.8 Å². The summed E-state index contributed by atoms with van der Waals surface area (Å²) in [4.78, 5) is 23.1. The molecule has 0 aliphatic rings. The largest absolute Gasteiger partial charge is 0.481 e. The molecule has 0 radical (unpaired) electrons. The summed E-state index contributed by atoms with van der Waals surface area (Å²) in [7, 11) is 0. The highest BCUT2D eigenvalue weighted by Crippen LogP contribution is 2.32. The molecule has 2 aromatic rings. The number of carboxylic acid groups (broad SMARTS) is 2. The molecule has 0 heterocycles. The second-order valence-electron chi connectivity index (χ2n) is 5.48. The van der Waals surface area contributed by atoms with Crippen molar-refractivity contribution >= 4 is 11.9 Å². The molecule has 0 aromatic heterocycles. The molecular weight excluding hydrogens is 280 g/mol. The van der Waals surface area contributed by atoms with Crippen molar-refractivity contribution in [2.24, 2.45) is 5.41 Å². The fourth-order valence-electron chi connectivity index (χ4n) is 2.68. The van der Waals surface area contributed by atoms with Gasteiger partial charge in [-0.1, -0.05) is 60.7 Å². The van der Waals surface area contributed by atoms with Crippen LogP contribution in [0.25, 0.3) is 0 Å². The second-order valence-corrected chi connectivity index (χ2v) is 5.48. The van der Waals surface area contributed by atoms with Crippen LogP contribution in [-0.2, 0) is 22.4 Å². The number of hydrogen-bond donors (Lipinski definition) is 2. The van der Waals surface area contributed by atoms with Crippen molar-refractivity contribution in [2.45, 2.75) is 19.3 Å². The lowest BCUT2D eigenvalue weighted by Crippen LogP contribution is -2.38. The molecule has 0 atom stereocenters. The number of rotatable bonds is 7. The number of aliphatic carboxylic acids is 2. The van der Waals surface area contributed by atoms with Gasteiger partial charge < -0.3 is 10.2 Å². The molecule has 2 rings (SSSR count). The molecule has 0 amide bonds. The van der Waals surface area contributed by atoms with Gasteiger partial charge in [-0.15, -0.1) is 0 Å². The third kappa shape index (κ3) is 3.95. The molecule has 0 bridgehead atoms. The Balaban J connectivity index is 2.37. The fraction of sp³-hybridized carbons (Fsp3) is 0.222. The van der Waals surface area contributed by atoms with Crippen molar-refractivity contribution in [3.05, 3.63) is 71.8 Å². The lowest BCUT2D eigenvalue weighted by Gasteiger charge is -2.28. The van der Waals surface area contributed by atoms with E-state index in [4.69, 9.17) is 0 Å². The van der Waals surface area contributed by atoms with E-state index in [2.05, 4.69) is 0 Å². The van der Waals surface area contributed by atoms with Crippen molar-refractivity contribution in [1.82, 2.24) is 0 Å². The Hall–Kier alpha value is -2.62. The predicted molar refractivity (Wildman–Crippen MR) is 82.6 cm³/mol. The minimum atomic E-state index is -1.35. The predicted octanol–water partition coefficient (Wildman–Crippen LogP) is 3.02. The first-order valence-electron chi connectivity index (χ1n) is 7.05. The van der Waals surface area contributed by atoms with Gasteiger partial charge in [0.05, 0.1) is 11.8 Å². The highest BCUT2D eigenvalue weighted by molar-refractivity contribution is 5.82. The highest BCUT2D eigenvalue weighted by atomic mass is 16.4. The van der Waals surface area contributed by atoms with Crippen molar-refractivity contribution in [3.8, 4) is 0 Å². The summed E-state index contributed by atoms with van der Waals surface area (Å²) in [5, 5.41) is 18.9. The standard InChI is InChI=1S/C18H18O4/c19-16(20)13-18(17(21)22,11-14-7-3-1-4-8-14)12-15-9-5-2-6-10-15/h1-10H,11-13H2,(H,19,20)(H,21,22). The number of carboxylic acids is 2. The molecule has 4 nitrogen and oxygen atoms in total. The van der Waals surface area contributed by atoms with E-state index in [1.807, 2.05) is 60.7 Å². The normalized spacial score (nSPS) is 11.1. The molecule has 0 saturated heterocycles. The van der Waals surface area contributed by atoms with Gasteiger partial charge in [0.15, 0.2) is 0 Å². The van der Waals surface area contributed by atoms with Crippen LogP contribution in [0, 0.1) is 5.41 Å². The minimum absolute atomic E-state index is 0.185. The van der Waals surface area contributed by atoms with E-state index in [-0.39, 0.29) is 12.8 Å². The fourth-order valence-corrected chi connectivity index (χ4v) is 2.68. The maximum atomic E-state index is 11.9. The van der Waals surface area contributed by atoms with Crippen LogP contribution in [0.2, 0.25) is 0 Å². The van der Waals surface area contributed by atoms with Crippen LogP contribution in [0.15, 0.2) is 60.7 Å². The summed E-state index contributed by atoms with van der Waals surface area (Å²) in [6.45, 7) is 0. The molecule has 0 aliphatic carbocycles. The lowest BCUT2D eigenvalue weighted by atomic mass is 9.74. The van der Waals surface area contributed by atoms with Gasteiger partial charge in [-0.25, -0.2) is 0 Å². The zero-order valence-corrected chi connectivity index (χ0v) is 12.1. The van der Waals surface area contributed by atoms with Crippen LogP contribution in [0.4, 0.5) is 0 Å². The summed E-state index contributed by atoms with van der Waals surface area (Å²) in [6, 6.07) is 18.3. The van der Waals surface area contributed by atoms with E-state index in [0.29, 0.717) is 0 Å². The molecule has 0 unspecified atom stereocenters. The third-order valence-electron chi connectivity index (χ3n) is 3.71. The first-order chi connectivity index (χ1) is 10.5. The van der Waals surface area contributed by atoms with E-state index in [1.165, 1.54) is 0 Å². The van der Waals surface area contributed by atoms with Gasteiger partial charge in [0.2, 0.25) is 0 Å². The summed E-state index contributed by atoms with van der Waals surface area (Å²) < 4.78 is 0. The Bertz CT molecular complexity index is 593. The second kappa shape index (κ2) is 6.89. The van der Waals surface area contributed by atoms with Gasteiger partial charge in [-0.3, -0.25) is 9.59 Å². The monoisotopic (exact) mass is 298 g/mol.